The number of ketones is 1. The molecule has 1 aliphatic rings. The zero-order valence-corrected chi connectivity index (χ0v) is 24.5. The summed E-state index contributed by atoms with van der Waals surface area (Å²) in [5.74, 6) is -0.369. The Kier molecular flexibility index (Phi) is 7.99. The van der Waals surface area contributed by atoms with Crippen molar-refractivity contribution >= 4 is 44.1 Å². The van der Waals surface area contributed by atoms with Crippen molar-refractivity contribution in [3.8, 4) is 17.2 Å². The molecule has 1 atom stereocenters. The number of methoxy groups -OCH3 is 2. The number of nitrogens with zero attached hydrogens (tertiary/aromatic N) is 2. The highest BCUT2D eigenvalue weighted by atomic mass is 32.1. The molecular formula is C32H32N2O6S. The minimum atomic E-state index is -0.957. The van der Waals surface area contributed by atoms with E-state index in [-0.39, 0.29) is 11.3 Å². The molecule has 1 saturated heterocycles. The van der Waals surface area contributed by atoms with Crippen LogP contribution in [0.2, 0.25) is 0 Å². The van der Waals surface area contributed by atoms with Gasteiger partial charge in [0.15, 0.2) is 16.6 Å². The fraction of sp³-hybridized carbons (Fsp3) is 0.281. The minimum Gasteiger partial charge on any atom is -0.507 e. The zero-order chi connectivity index (χ0) is 29.3. The normalized spacial score (nSPS) is 16.4. The van der Waals surface area contributed by atoms with Gasteiger partial charge in [0.2, 0.25) is 0 Å². The molecule has 1 unspecified atom stereocenters. The lowest BCUT2D eigenvalue weighted by Gasteiger charge is -2.23. The van der Waals surface area contributed by atoms with E-state index in [4.69, 9.17) is 19.2 Å². The topological polar surface area (TPSA) is 98.2 Å². The molecule has 5 rings (SSSR count). The van der Waals surface area contributed by atoms with E-state index in [1.807, 2.05) is 26.0 Å². The van der Waals surface area contributed by atoms with E-state index < -0.39 is 17.7 Å². The number of amides is 1. The number of Topliss-reactive ketones (excluding diaryl/α,β-unsaturated/α-hetero) is 1. The van der Waals surface area contributed by atoms with Crippen molar-refractivity contribution in [1.29, 1.82) is 0 Å². The number of carbonyl (C=O) groups excluding carboxylic acids is 2. The standard InChI is InChI=1S/C32H32N2O6S/c1-6-7-13-40-22-10-8-9-21(16-22)29(35)26-28(20-11-12-23(38-4)24(17-20)39-5)34(31(37)30(26)36)32-33-27-19(3)14-18(2)15-25(27)41-32/h8-12,14-17,28,35H,6-7,13H2,1-5H3/b29-26+. The number of anilines is 1. The molecule has 0 bridgehead atoms. The molecule has 1 aromatic heterocycles. The highest BCUT2D eigenvalue weighted by Crippen LogP contribution is 2.46. The Morgan fingerprint density at radius 3 is 2.54 bits per heavy atom. The maximum absolute atomic E-state index is 13.7. The van der Waals surface area contributed by atoms with Crippen molar-refractivity contribution in [3.05, 3.63) is 82.4 Å². The van der Waals surface area contributed by atoms with Gasteiger partial charge < -0.3 is 19.3 Å². The van der Waals surface area contributed by atoms with Gasteiger partial charge >= 0.3 is 5.91 Å². The highest BCUT2D eigenvalue weighted by Gasteiger charge is 2.48. The molecule has 0 spiro atoms. The number of aromatic nitrogens is 1. The van der Waals surface area contributed by atoms with Crippen molar-refractivity contribution in [3.63, 3.8) is 0 Å². The Hall–Kier alpha value is -4.37. The number of thiazole rings is 1. The zero-order valence-electron chi connectivity index (χ0n) is 23.7. The van der Waals surface area contributed by atoms with Crippen LogP contribution in [0.3, 0.4) is 0 Å². The van der Waals surface area contributed by atoms with Gasteiger partial charge in [0.1, 0.15) is 11.5 Å². The first-order valence-electron chi connectivity index (χ1n) is 13.4. The monoisotopic (exact) mass is 572 g/mol. The Bertz CT molecular complexity index is 1670. The summed E-state index contributed by atoms with van der Waals surface area (Å²) in [6.45, 7) is 6.58. The summed E-state index contributed by atoms with van der Waals surface area (Å²) >= 11 is 1.33. The third-order valence-corrected chi connectivity index (χ3v) is 8.07. The van der Waals surface area contributed by atoms with Gasteiger partial charge in [-0.25, -0.2) is 4.98 Å². The van der Waals surface area contributed by atoms with Crippen molar-refractivity contribution in [2.24, 2.45) is 0 Å². The highest BCUT2D eigenvalue weighted by molar-refractivity contribution is 7.22. The summed E-state index contributed by atoms with van der Waals surface area (Å²) in [4.78, 5) is 33.5. The predicted octanol–water partition coefficient (Wildman–Crippen LogP) is 6.74. The summed E-state index contributed by atoms with van der Waals surface area (Å²) in [5.41, 5.74) is 3.70. The number of carbonyl (C=O) groups is 2. The molecule has 4 aromatic rings. The number of aryl methyl sites for hydroxylation is 2. The lowest BCUT2D eigenvalue weighted by atomic mass is 9.95. The van der Waals surface area contributed by atoms with E-state index in [1.54, 1.807) is 42.5 Å². The molecular weight excluding hydrogens is 540 g/mol. The number of benzene rings is 3. The van der Waals surface area contributed by atoms with Gasteiger partial charge in [-0.3, -0.25) is 14.5 Å². The van der Waals surface area contributed by atoms with Crippen LogP contribution in [0.1, 0.15) is 48.1 Å². The number of aliphatic hydroxyl groups excluding tert-OH is 1. The number of unbranched alkanes of at least 4 members (excludes halogenated alkanes) is 1. The SMILES string of the molecule is CCCCOc1cccc(/C(O)=C2\C(=O)C(=O)N(c3nc4c(C)cc(C)cc4s3)C2c2ccc(OC)c(OC)c2)c1. The molecule has 1 amide bonds. The first-order valence-corrected chi connectivity index (χ1v) is 14.2. The number of ether oxygens (including phenoxy) is 3. The molecule has 3 aromatic carbocycles. The molecule has 0 aliphatic carbocycles. The van der Waals surface area contributed by atoms with E-state index >= 15 is 0 Å². The second kappa shape index (κ2) is 11.6. The van der Waals surface area contributed by atoms with Gasteiger partial charge in [0.25, 0.3) is 5.78 Å². The lowest BCUT2D eigenvalue weighted by molar-refractivity contribution is -0.132. The Morgan fingerprint density at radius 1 is 1.02 bits per heavy atom. The summed E-state index contributed by atoms with van der Waals surface area (Å²) in [5, 5.41) is 12.0. The average molecular weight is 573 g/mol. The van der Waals surface area contributed by atoms with Crippen molar-refractivity contribution in [2.75, 3.05) is 25.7 Å². The summed E-state index contributed by atoms with van der Waals surface area (Å²) in [6.07, 6.45) is 1.88. The maximum atomic E-state index is 13.7. The van der Waals surface area contributed by atoms with Crippen LogP contribution in [0.25, 0.3) is 16.0 Å². The second-order valence-corrected chi connectivity index (χ2v) is 10.9. The van der Waals surface area contributed by atoms with Gasteiger partial charge in [0.05, 0.1) is 42.7 Å². The molecule has 1 N–H and O–H groups in total. The smallest absolute Gasteiger partial charge is 0.301 e. The van der Waals surface area contributed by atoms with Crippen LogP contribution in [0.5, 0.6) is 17.2 Å². The first-order chi connectivity index (χ1) is 19.8. The van der Waals surface area contributed by atoms with Crippen LogP contribution in [0, 0.1) is 13.8 Å². The van der Waals surface area contributed by atoms with Gasteiger partial charge in [-0.1, -0.05) is 48.9 Å². The van der Waals surface area contributed by atoms with Crippen LogP contribution >= 0.6 is 11.3 Å². The number of fused-ring (bicyclic) bond motifs is 1. The summed E-state index contributed by atoms with van der Waals surface area (Å²) in [6, 6.07) is 15.2. The van der Waals surface area contributed by atoms with E-state index in [0.717, 1.165) is 34.2 Å². The molecule has 1 aliphatic heterocycles. The van der Waals surface area contributed by atoms with Gasteiger partial charge in [-0.05, 0) is 67.3 Å². The number of hydrogen-bond acceptors (Lipinski definition) is 8. The Morgan fingerprint density at radius 2 is 1.80 bits per heavy atom. The fourth-order valence-electron chi connectivity index (χ4n) is 5.05. The molecule has 41 heavy (non-hydrogen) atoms. The third-order valence-electron chi connectivity index (χ3n) is 7.07. The van der Waals surface area contributed by atoms with Crippen molar-refractivity contribution in [1.82, 2.24) is 4.98 Å². The van der Waals surface area contributed by atoms with E-state index in [0.29, 0.717) is 40.1 Å². The van der Waals surface area contributed by atoms with E-state index in [9.17, 15) is 14.7 Å². The lowest BCUT2D eigenvalue weighted by Crippen LogP contribution is -2.29. The fourth-order valence-corrected chi connectivity index (χ4v) is 6.22. The quantitative estimate of drug-likeness (QED) is 0.103. The van der Waals surface area contributed by atoms with Crippen LogP contribution in [0.15, 0.2) is 60.2 Å². The molecule has 212 valence electrons. The van der Waals surface area contributed by atoms with Gasteiger partial charge in [-0.15, -0.1) is 0 Å². The average Bonchev–Trinajstić information content (AvgIpc) is 3.50. The number of hydrogen-bond donors (Lipinski definition) is 1. The van der Waals surface area contributed by atoms with Crippen molar-refractivity contribution in [2.45, 2.75) is 39.7 Å². The second-order valence-electron chi connectivity index (χ2n) is 9.94. The van der Waals surface area contributed by atoms with Gasteiger partial charge in [-0.2, -0.15) is 0 Å². The maximum Gasteiger partial charge on any atom is 0.301 e. The molecule has 8 nitrogen and oxygen atoms in total. The molecule has 0 radical (unpaired) electrons. The van der Waals surface area contributed by atoms with Crippen LogP contribution in [0.4, 0.5) is 5.13 Å². The molecule has 1 fully saturated rings. The largest absolute Gasteiger partial charge is 0.507 e. The van der Waals surface area contributed by atoms with Crippen LogP contribution in [-0.2, 0) is 9.59 Å². The van der Waals surface area contributed by atoms with Crippen LogP contribution in [-0.4, -0.2) is 42.6 Å². The third kappa shape index (κ3) is 5.25. The number of aliphatic hydroxyl groups is 1. The van der Waals surface area contributed by atoms with Crippen LogP contribution < -0.4 is 19.1 Å². The Labute approximate surface area is 242 Å². The summed E-state index contributed by atoms with van der Waals surface area (Å²) < 4.78 is 17.7. The predicted molar refractivity (Wildman–Crippen MR) is 160 cm³/mol. The van der Waals surface area contributed by atoms with Crippen molar-refractivity contribution < 1.29 is 28.9 Å². The van der Waals surface area contributed by atoms with E-state index in [1.165, 1.54) is 30.5 Å². The number of rotatable bonds is 9. The van der Waals surface area contributed by atoms with Gasteiger partial charge in [0, 0.05) is 5.56 Å². The Balaban J connectivity index is 1.70. The minimum absolute atomic E-state index is 0.0416. The molecule has 9 heteroatoms. The van der Waals surface area contributed by atoms with E-state index in [2.05, 4.69) is 6.92 Å². The molecule has 0 saturated carbocycles. The summed E-state index contributed by atoms with van der Waals surface area (Å²) in [7, 11) is 3.05. The molecule has 2 heterocycles. The first kappa shape index (κ1) is 28.2.